The van der Waals surface area contributed by atoms with Crippen LogP contribution >= 0.6 is 11.3 Å². The summed E-state index contributed by atoms with van der Waals surface area (Å²) in [6, 6.07) is 8.04. The molecule has 4 nitrogen and oxygen atoms in total. The van der Waals surface area contributed by atoms with Crippen molar-refractivity contribution in [1.29, 1.82) is 0 Å². The molecule has 0 bridgehead atoms. The zero-order valence-corrected chi connectivity index (χ0v) is 11.5. The van der Waals surface area contributed by atoms with E-state index < -0.39 is 0 Å². The highest BCUT2D eigenvalue weighted by Crippen LogP contribution is 2.22. The average molecular weight is 263 g/mol. The molecule has 0 fully saturated rings. The van der Waals surface area contributed by atoms with Crippen LogP contribution in [0.25, 0.3) is 10.2 Å². The molecule has 1 N–H and O–H groups in total. The number of nitrogens with one attached hydrogen (secondary N) is 1. The van der Waals surface area contributed by atoms with Gasteiger partial charge >= 0.3 is 0 Å². The van der Waals surface area contributed by atoms with Gasteiger partial charge in [0, 0.05) is 20.0 Å². The molecule has 0 spiro atoms. The molecule has 0 radical (unpaired) electrons. The fourth-order valence-electron chi connectivity index (χ4n) is 1.70. The van der Waals surface area contributed by atoms with Crippen molar-refractivity contribution in [2.45, 2.75) is 13.0 Å². The van der Waals surface area contributed by atoms with Gasteiger partial charge in [0.05, 0.1) is 16.8 Å². The van der Waals surface area contributed by atoms with Gasteiger partial charge in [0.1, 0.15) is 5.01 Å². The van der Waals surface area contributed by atoms with Crippen LogP contribution in [0.1, 0.15) is 11.4 Å². The smallest absolute Gasteiger partial charge is 0.223 e. The van der Waals surface area contributed by atoms with E-state index in [2.05, 4.69) is 16.4 Å². The summed E-state index contributed by atoms with van der Waals surface area (Å²) in [5, 5.41) is 3.96. The number of hydrogen-bond donors (Lipinski definition) is 1. The minimum Gasteiger partial charge on any atom is -0.339 e. The second-order valence-electron chi connectivity index (χ2n) is 4.18. The molecule has 0 aliphatic heterocycles. The molecular weight excluding hydrogens is 246 g/mol. The molecule has 0 saturated carbocycles. The highest BCUT2D eigenvalue weighted by molar-refractivity contribution is 7.18. The normalized spacial score (nSPS) is 10.8. The van der Waals surface area contributed by atoms with Crippen molar-refractivity contribution in [2.24, 2.45) is 0 Å². The number of hydrogen-bond acceptors (Lipinski definition) is 4. The number of para-hydroxylation sites is 1. The number of amides is 1. The molecule has 96 valence electrons. The van der Waals surface area contributed by atoms with E-state index in [4.69, 9.17) is 0 Å². The van der Waals surface area contributed by atoms with Crippen LogP contribution in [0.5, 0.6) is 0 Å². The van der Waals surface area contributed by atoms with E-state index in [1.807, 2.05) is 32.3 Å². The van der Waals surface area contributed by atoms with Crippen LogP contribution in [0.2, 0.25) is 0 Å². The minimum atomic E-state index is 0.142. The molecule has 1 aromatic carbocycles. The quantitative estimate of drug-likeness (QED) is 0.895. The lowest BCUT2D eigenvalue weighted by Crippen LogP contribution is -2.28. The van der Waals surface area contributed by atoms with E-state index in [0.717, 1.165) is 10.5 Å². The number of carbonyl (C=O) groups excluding carboxylic acids is 1. The largest absolute Gasteiger partial charge is 0.339 e. The Labute approximate surface area is 111 Å². The minimum absolute atomic E-state index is 0.142. The van der Waals surface area contributed by atoms with E-state index in [0.29, 0.717) is 19.5 Å². The van der Waals surface area contributed by atoms with E-state index in [1.54, 1.807) is 16.2 Å². The molecule has 1 amide bonds. The summed E-state index contributed by atoms with van der Waals surface area (Å²) in [4.78, 5) is 18.0. The van der Waals surface area contributed by atoms with Crippen LogP contribution < -0.4 is 5.32 Å². The third kappa shape index (κ3) is 3.05. The van der Waals surface area contributed by atoms with Crippen LogP contribution in [0, 0.1) is 0 Å². The van der Waals surface area contributed by atoms with Crippen molar-refractivity contribution < 1.29 is 4.79 Å². The summed E-state index contributed by atoms with van der Waals surface area (Å²) in [6.45, 7) is 1.30. The van der Waals surface area contributed by atoms with Gasteiger partial charge in [-0.2, -0.15) is 0 Å². The fourth-order valence-corrected chi connectivity index (χ4v) is 2.72. The summed E-state index contributed by atoms with van der Waals surface area (Å²) in [5.41, 5.74) is 1.01. The third-order valence-electron chi connectivity index (χ3n) is 2.73. The maximum atomic E-state index is 11.8. The summed E-state index contributed by atoms with van der Waals surface area (Å²) in [6.07, 6.45) is 0.526. The molecule has 1 aromatic heterocycles. The highest BCUT2D eigenvalue weighted by atomic mass is 32.1. The van der Waals surface area contributed by atoms with Crippen LogP contribution in [0.15, 0.2) is 24.3 Å². The van der Waals surface area contributed by atoms with Gasteiger partial charge in [0.15, 0.2) is 0 Å². The van der Waals surface area contributed by atoms with Crippen molar-refractivity contribution in [1.82, 2.24) is 15.2 Å². The zero-order valence-electron chi connectivity index (χ0n) is 10.6. The first-order chi connectivity index (χ1) is 8.70. The average Bonchev–Trinajstić information content (AvgIpc) is 2.77. The maximum absolute atomic E-state index is 11.8. The van der Waals surface area contributed by atoms with Crippen molar-refractivity contribution in [3.63, 3.8) is 0 Å². The SMILES string of the molecule is CNCCC(=O)N(C)Cc1nc2ccccc2s1. The van der Waals surface area contributed by atoms with Crippen LogP contribution in [0.3, 0.4) is 0 Å². The van der Waals surface area contributed by atoms with Crippen LogP contribution in [0.4, 0.5) is 0 Å². The topological polar surface area (TPSA) is 45.2 Å². The third-order valence-corrected chi connectivity index (χ3v) is 3.75. The zero-order chi connectivity index (χ0) is 13.0. The number of benzene rings is 1. The van der Waals surface area contributed by atoms with E-state index in [9.17, 15) is 4.79 Å². The molecule has 5 heteroatoms. The molecule has 0 unspecified atom stereocenters. The Balaban J connectivity index is 2.02. The molecule has 1 heterocycles. The Bertz CT molecular complexity index is 505. The van der Waals surface area contributed by atoms with Crippen molar-refractivity contribution in [2.75, 3.05) is 20.6 Å². The van der Waals surface area contributed by atoms with Crippen molar-refractivity contribution in [3.05, 3.63) is 29.3 Å². The summed E-state index contributed by atoms with van der Waals surface area (Å²) >= 11 is 1.65. The second kappa shape index (κ2) is 5.93. The van der Waals surface area contributed by atoms with Gasteiger partial charge in [-0.1, -0.05) is 12.1 Å². The molecule has 2 aromatic rings. The summed E-state index contributed by atoms with van der Waals surface area (Å²) in [7, 11) is 3.67. The lowest BCUT2D eigenvalue weighted by atomic mass is 10.3. The van der Waals surface area contributed by atoms with E-state index >= 15 is 0 Å². The van der Waals surface area contributed by atoms with E-state index in [1.165, 1.54) is 4.70 Å². The Hall–Kier alpha value is -1.46. The molecule has 0 atom stereocenters. The molecule has 18 heavy (non-hydrogen) atoms. The number of thiazole rings is 1. The Morgan fingerprint density at radius 2 is 2.22 bits per heavy atom. The first-order valence-electron chi connectivity index (χ1n) is 5.93. The van der Waals surface area contributed by atoms with Crippen molar-refractivity contribution >= 4 is 27.5 Å². The molecule has 0 aliphatic carbocycles. The van der Waals surface area contributed by atoms with Gasteiger partial charge in [-0.15, -0.1) is 11.3 Å². The van der Waals surface area contributed by atoms with Crippen LogP contribution in [-0.4, -0.2) is 36.4 Å². The Kier molecular flexibility index (Phi) is 4.28. The monoisotopic (exact) mass is 263 g/mol. The number of fused-ring (bicyclic) bond motifs is 1. The first-order valence-corrected chi connectivity index (χ1v) is 6.75. The Morgan fingerprint density at radius 3 is 2.94 bits per heavy atom. The van der Waals surface area contributed by atoms with Gasteiger partial charge in [0.25, 0.3) is 0 Å². The lowest BCUT2D eigenvalue weighted by Gasteiger charge is -2.15. The highest BCUT2D eigenvalue weighted by Gasteiger charge is 2.11. The summed E-state index contributed by atoms with van der Waals surface area (Å²) in [5.74, 6) is 0.142. The van der Waals surface area contributed by atoms with Gasteiger partial charge in [-0.3, -0.25) is 4.79 Å². The van der Waals surface area contributed by atoms with E-state index in [-0.39, 0.29) is 5.91 Å². The van der Waals surface area contributed by atoms with Gasteiger partial charge < -0.3 is 10.2 Å². The number of nitrogens with zero attached hydrogens (tertiary/aromatic N) is 2. The predicted octanol–water partition coefficient (Wildman–Crippen LogP) is 1.86. The first kappa shape index (κ1) is 13.0. The molecule has 0 aliphatic rings. The Morgan fingerprint density at radius 1 is 1.44 bits per heavy atom. The summed E-state index contributed by atoms with van der Waals surface area (Å²) < 4.78 is 1.17. The standard InChI is InChI=1S/C13H17N3OS/c1-14-8-7-13(17)16(2)9-12-15-10-5-3-4-6-11(10)18-12/h3-6,14H,7-9H2,1-2H3. The fraction of sp³-hybridized carbons (Fsp3) is 0.385. The van der Waals surface area contributed by atoms with Gasteiger partial charge in [0.2, 0.25) is 5.91 Å². The number of aromatic nitrogens is 1. The van der Waals surface area contributed by atoms with Gasteiger partial charge in [-0.25, -0.2) is 4.98 Å². The predicted molar refractivity (Wildman–Crippen MR) is 74.6 cm³/mol. The van der Waals surface area contributed by atoms with Crippen molar-refractivity contribution in [3.8, 4) is 0 Å². The molecular formula is C13H17N3OS. The maximum Gasteiger partial charge on any atom is 0.223 e. The van der Waals surface area contributed by atoms with Crippen LogP contribution in [-0.2, 0) is 11.3 Å². The lowest BCUT2D eigenvalue weighted by molar-refractivity contribution is -0.130. The molecule has 0 saturated heterocycles. The second-order valence-corrected chi connectivity index (χ2v) is 5.29. The number of carbonyl (C=O) groups is 1. The van der Waals surface area contributed by atoms with Gasteiger partial charge in [-0.05, 0) is 19.2 Å². The number of rotatable bonds is 5. The molecule has 2 rings (SSSR count).